The molecule has 0 aliphatic carbocycles. The molecular weight excluding hydrogens is 486 g/mol. The van der Waals surface area contributed by atoms with E-state index >= 15 is 0 Å². The van der Waals surface area contributed by atoms with E-state index in [1.165, 1.54) is 6.07 Å². The van der Waals surface area contributed by atoms with Gasteiger partial charge in [-0.15, -0.1) is 12.4 Å². The highest BCUT2D eigenvalue weighted by Gasteiger charge is 2.42. The van der Waals surface area contributed by atoms with Crippen molar-refractivity contribution in [3.63, 3.8) is 0 Å². The Morgan fingerprint density at radius 1 is 1.11 bits per heavy atom. The van der Waals surface area contributed by atoms with Crippen molar-refractivity contribution in [2.75, 3.05) is 13.1 Å². The molecule has 2 aliphatic rings. The van der Waals surface area contributed by atoms with Crippen LogP contribution in [0.4, 0.5) is 4.39 Å². The van der Waals surface area contributed by atoms with Gasteiger partial charge in [0.25, 0.3) is 0 Å². The lowest BCUT2D eigenvalue weighted by Crippen LogP contribution is -2.48. The van der Waals surface area contributed by atoms with Crippen LogP contribution in [0.3, 0.4) is 0 Å². The predicted octanol–water partition coefficient (Wildman–Crippen LogP) is 6.32. The molecule has 2 aliphatic heterocycles. The molecule has 2 saturated heterocycles. The summed E-state index contributed by atoms with van der Waals surface area (Å²) in [7, 11) is 0. The van der Waals surface area contributed by atoms with Gasteiger partial charge in [-0.05, 0) is 75.1 Å². The first-order valence-electron chi connectivity index (χ1n) is 12.4. The largest absolute Gasteiger partial charge is 0.341 e. The molecule has 1 aromatic heterocycles. The van der Waals surface area contributed by atoms with Crippen molar-refractivity contribution in [3.05, 3.63) is 52.6 Å². The van der Waals surface area contributed by atoms with Crippen LogP contribution in [0.25, 0.3) is 0 Å². The van der Waals surface area contributed by atoms with Crippen LogP contribution in [0.1, 0.15) is 84.0 Å². The predicted molar refractivity (Wildman–Crippen MR) is 142 cm³/mol. The number of benzene rings is 1. The summed E-state index contributed by atoms with van der Waals surface area (Å²) < 4.78 is 16.3. The first kappa shape index (κ1) is 27.9. The minimum Gasteiger partial charge on any atom is -0.341 e. The van der Waals surface area contributed by atoms with E-state index in [-0.39, 0.29) is 52.3 Å². The van der Waals surface area contributed by atoms with E-state index in [0.29, 0.717) is 12.3 Å². The third kappa shape index (κ3) is 6.03. The van der Waals surface area contributed by atoms with Crippen molar-refractivity contribution in [3.8, 4) is 0 Å². The molecule has 0 saturated carbocycles. The Labute approximate surface area is 220 Å². The van der Waals surface area contributed by atoms with Gasteiger partial charge in [0.15, 0.2) is 0 Å². The fraction of sp³-hybridized carbons (Fsp3) is 0.630. The molecule has 194 valence electrons. The first-order valence-corrected chi connectivity index (χ1v) is 12.8. The van der Waals surface area contributed by atoms with Crippen LogP contribution in [0.5, 0.6) is 0 Å². The van der Waals surface area contributed by atoms with Gasteiger partial charge in [-0.25, -0.2) is 4.39 Å². The van der Waals surface area contributed by atoms with Gasteiger partial charge in [-0.1, -0.05) is 38.4 Å². The topological polar surface area (TPSA) is 50.2 Å². The van der Waals surface area contributed by atoms with Crippen LogP contribution in [0.2, 0.25) is 5.02 Å². The molecule has 1 aromatic carbocycles. The van der Waals surface area contributed by atoms with Crippen molar-refractivity contribution in [1.82, 2.24) is 20.0 Å². The summed E-state index contributed by atoms with van der Waals surface area (Å²) in [4.78, 5) is 15.5. The highest BCUT2D eigenvalue weighted by atomic mass is 35.5. The van der Waals surface area contributed by atoms with Gasteiger partial charge < -0.3 is 4.90 Å². The molecule has 1 unspecified atom stereocenters. The summed E-state index contributed by atoms with van der Waals surface area (Å²) in [6, 6.07) is 6.41. The molecule has 2 aromatic rings. The van der Waals surface area contributed by atoms with Crippen LogP contribution >= 0.6 is 24.0 Å². The molecule has 3 atom stereocenters. The second kappa shape index (κ2) is 10.4. The molecule has 1 amide bonds. The molecule has 0 spiro atoms. The normalized spacial score (nSPS) is 23.9. The zero-order valence-corrected chi connectivity index (χ0v) is 23.2. The van der Waals surface area contributed by atoms with Crippen molar-refractivity contribution in [2.24, 2.45) is 11.3 Å². The SMILES string of the molecule is CC(C)(C)C1CCN(C(=O)[C@@H]2CC(c3ccn(C(C)(C)C)n3)[C@H](c3ccc(Cl)c(F)c3)N2)CC1.Cl. The van der Waals surface area contributed by atoms with Gasteiger partial charge >= 0.3 is 0 Å². The Kier molecular flexibility index (Phi) is 8.30. The Balaban J connectivity index is 0.00000342. The van der Waals surface area contributed by atoms with E-state index in [1.807, 2.05) is 27.9 Å². The van der Waals surface area contributed by atoms with Crippen molar-refractivity contribution in [2.45, 2.75) is 84.3 Å². The lowest BCUT2D eigenvalue weighted by Gasteiger charge is -2.39. The van der Waals surface area contributed by atoms with E-state index in [4.69, 9.17) is 16.7 Å². The number of nitrogens with one attached hydrogen (secondary N) is 1. The molecule has 5 nitrogen and oxygen atoms in total. The summed E-state index contributed by atoms with van der Waals surface area (Å²) in [5.41, 5.74) is 1.84. The molecule has 4 rings (SSSR count). The monoisotopic (exact) mass is 524 g/mol. The van der Waals surface area contributed by atoms with Crippen LogP contribution in [0, 0.1) is 17.2 Å². The fourth-order valence-corrected chi connectivity index (χ4v) is 5.50. The van der Waals surface area contributed by atoms with Gasteiger partial charge in [0.05, 0.1) is 22.3 Å². The zero-order valence-electron chi connectivity index (χ0n) is 21.6. The molecule has 0 radical (unpaired) electrons. The van der Waals surface area contributed by atoms with Crippen molar-refractivity contribution >= 4 is 29.9 Å². The minimum atomic E-state index is -0.445. The number of amides is 1. The average Bonchev–Trinajstić information content (AvgIpc) is 3.42. The number of hydrogen-bond donors (Lipinski definition) is 1. The van der Waals surface area contributed by atoms with Crippen LogP contribution < -0.4 is 5.32 Å². The lowest BCUT2D eigenvalue weighted by molar-refractivity contribution is -0.135. The smallest absolute Gasteiger partial charge is 0.239 e. The maximum absolute atomic E-state index is 14.3. The van der Waals surface area contributed by atoms with E-state index in [9.17, 15) is 9.18 Å². The van der Waals surface area contributed by atoms with Crippen molar-refractivity contribution < 1.29 is 9.18 Å². The number of carbonyl (C=O) groups excluding carboxylic acids is 1. The number of aromatic nitrogens is 2. The Hall–Kier alpha value is -1.63. The first-order chi connectivity index (χ1) is 15.8. The Bertz CT molecular complexity index is 1030. The molecule has 1 N–H and O–H groups in total. The molecule has 35 heavy (non-hydrogen) atoms. The minimum absolute atomic E-state index is 0. The second-order valence-corrected chi connectivity index (χ2v) is 12.4. The Morgan fingerprint density at radius 2 is 1.77 bits per heavy atom. The van der Waals surface area contributed by atoms with Gasteiger partial charge in [0.1, 0.15) is 5.82 Å². The van der Waals surface area contributed by atoms with Gasteiger partial charge in [-0.3, -0.25) is 14.8 Å². The van der Waals surface area contributed by atoms with Gasteiger partial charge in [-0.2, -0.15) is 5.10 Å². The number of likely N-dealkylation sites (tertiary alicyclic amines) is 1. The molecule has 3 heterocycles. The Morgan fingerprint density at radius 3 is 2.31 bits per heavy atom. The molecule has 8 heteroatoms. The zero-order chi connectivity index (χ0) is 24.8. The van der Waals surface area contributed by atoms with Crippen LogP contribution in [0.15, 0.2) is 30.5 Å². The number of nitrogens with zero attached hydrogens (tertiary/aromatic N) is 3. The third-order valence-electron chi connectivity index (χ3n) is 7.58. The third-order valence-corrected chi connectivity index (χ3v) is 7.89. The summed E-state index contributed by atoms with van der Waals surface area (Å²) in [6.07, 6.45) is 4.69. The summed E-state index contributed by atoms with van der Waals surface area (Å²) in [5.74, 6) is 0.292. The van der Waals surface area contributed by atoms with E-state index in [0.717, 1.165) is 37.2 Å². The van der Waals surface area contributed by atoms with E-state index in [2.05, 4.69) is 46.9 Å². The van der Waals surface area contributed by atoms with Gasteiger partial charge in [0, 0.05) is 31.2 Å². The highest BCUT2D eigenvalue weighted by molar-refractivity contribution is 6.30. The average molecular weight is 526 g/mol. The maximum atomic E-state index is 14.3. The fourth-order valence-electron chi connectivity index (χ4n) is 5.38. The van der Waals surface area contributed by atoms with Crippen LogP contribution in [-0.4, -0.2) is 39.7 Å². The van der Waals surface area contributed by atoms with Crippen molar-refractivity contribution in [1.29, 1.82) is 0 Å². The number of hydrogen-bond acceptors (Lipinski definition) is 3. The summed E-state index contributed by atoms with van der Waals surface area (Å²) in [5, 5.41) is 8.49. The quantitative estimate of drug-likeness (QED) is 0.510. The van der Waals surface area contributed by atoms with E-state index < -0.39 is 5.82 Å². The molecular formula is C27H39Cl2FN4O. The van der Waals surface area contributed by atoms with Gasteiger partial charge in [0.2, 0.25) is 5.91 Å². The highest BCUT2D eigenvalue weighted by Crippen LogP contribution is 2.42. The number of piperidine rings is 1. The summed E-state index contributed by atoms with van der Waals surface area (Å²) in [6.45, 7) is 14.8. The number of rotatable bonds is 3. The molecule has 0 bridgehead atoms. The standard InChI is InChI=1S/C27H38ClFN4O.ClH/c1-26(2,3)18-9-12-32(13-10-18)25(34)23-16-19(22-11-14-33(31-22)27(4,5)6)24(30-23)17-7-8-20(28)21(29)15-17;/h7-8,11,14-15,18-19,23-24,30H,9-10,12-13,16H2,1-6H3;1H/t19?,23-,24-;/m0./s1. The van der Waals surface area contributed by atoms with E-state index in [1.54, 1.807) is 6.07 Å². The maximum Gasteiger partial charge on any atom is 0.239 e. The lowest BCUT2D eigenvalue weighted by atomic mass is 9.75. The molecule has 2 fully saturated rings. The summed E-state index contributed by atoms with van der Waals surface area (Å²) >= 11 is 5.95. The van der Waals surface area contributed by atoms with Crippen LogP contribution in [-0.2, 0) is 10.3 Å². The number of carbonyl (C=O) groups is 1. The second-order valence-electron chi connectivity index (χ2n) is 12.0. The number of halogens is 3.